The number of ketones is 3. The van der Waals surface area contributed by atoms with Crippen LogP contribution in [-0.4, -0.2) is 58.8 Å². The number of Topliss-reactive ketones (excluding diaryl/α,β-unsaturated/α-hetero) is 2. The van der Waals surface area contributed by atoms with E-state index in [4.69, 9.17) is 4.74 Å². The Morgan fingerprint density at radius 1 is 0.730 bits per heavy atom. The van der Waals surface area contributed by atoms with Gasteiger partial charge in [-0.05, 0) is 35.4 Å². The SMILES string of the molecule is O=C(Cc1ccc(C(=O)c2ccc(CC(=O)c3ncn[nH]3)cc2)cc1)c1ccc(N2CCOCC2)cc1. The molecule has 0 aliphatic carbocycles. The maximum Gasteiger partial charge on any atom is 0.203 e. The summed E-state index contributed by atoms with van der Waals surface area (Å²) in [5.41, 5.74) is 4.46. The van der Waals surface area contributed by atoms with E-state index in [9.17, 15) is 14.4 Å². The van der Waals surface area contributed by atoms with Crippen LogP contribution in [0.15, 0.2) is 79.1 Å². The molecule has 0 atom stereocenters. The molecule has 8 nitrogen and oxygen atoms in total. The first-order chi connectivity index (χ1) is 18.1. The van der Waals surface area contributed by atoms with Crippen molar-refractivity contribution < 1.29 is 19.1 Å². The zero-order chi connectivity index (χ0) is 25.6. The van der Waals surface area contributed by atoms with Crippen LogP contribution in [0, 0.1) is 0 Å². The Kier molecular flexibility index (Phi) is 7.28. The maximum atomic E-state index is 12.9. The molecule has 0 radical (unpaired) electrons. The Morgan fingerprint density at radius 2 is 1.27 bits per heavy atom. The Labute approximate surface area is 214 Å². The fourth-order valence-electron chi connectivity index (χ4n) is 4.29. The molecule has 8 heteroatoms. The Hall–Kier alpha value is -4.43. The maximum absolute atomic E-state index is 12.9. The first-order valence-electron chi connectivity index (χ1n) is 12.1. The number of H-pyrrole nitrogens is 1. The van der Waals surface area contributed by atoms with Gasteiger partial charge in [-0.3, -0.25) is 19.5 Å². The topological polar surface area (TPSA) is 105 Å². The number of aromatic amines is 1. The minimum absolute atomic E-state index is 0.0306. The summed E-state index contributed by atoms with van der Waals surface area (Å²) in [4.78, 5) is 44.0. The molecule has 0 bridgehead atoms. The largest absolute Gasteiger partial charge is 0.378 e. The third-order valence-corrected chi connectivity index (χ3v) is 6.41. The van der Waals surface area contributed by atoms with Crippen LogP contribution in [0.25, 0.3) is 0 Å². The molecule has 1 N–H and O–H groups in total. The summed E-state index contributed by atoms with van der Waals surface area (Å²) in [5.74, 6) is -0.0498. The summed E-state index contributed by atoms with van der Waals surface area (Å²) >= 11 is 0. The minimum atomic E-state index is -0.172. The highest BCUT2D eigenvalue weighted by Gasteiger charge is 2.15. The molecule has 1 fully saturated rings. The van der Waals surface area contributed by atoms with E-state index in [1.165, 1.54) is 6.33 Å². The smallest absolute Gasteiger partial charge is 0.203 e. The summed E-state index contributed by atoms with van der Waals surface area (Å²) < 4.78 is 5.39. The summed E-state index contributed by atoms with van der Waals surface area (Å²) in [6, 6.07) is 21.8. The number of aromatic nitrogens is 3. The number of benzene rings is 3. The number of anilines is 1. The third kappa shape index (κ3) is 5.87. The van der Waals surface area contributed by atoms with Gasteiger partial charge in [0, 0.05) is 48.3 Å². The molecule has 0 amide bonds. The van der Waals surface area contributed by atoms with Crippen molar-refractivity contribution in [1.82, 2.24) is 15.2 Å². The van der Waals surface area contributed by atoms with Gasteiger partial charge in [0.15, 0.2) is 17.4 Å². The Bertz CT molecular complexity index is 1370. The van der Waals surface area contributed by atoms with E-state index < -0.39 is 0 Å². The summed E-state index contributed by atoms with van der Waals surface area (Å²) in [6.07, 6.45) is 1.72. The number of nitrogens with one attached hydrogen (secondary N) is 1. The van der Waals surface area contributed by atoms with E-state index in [0.29, 0.717) is 16.7 Å². The zero-order valence-electron chi connectivity index (χ0n) is 20.2. The van der Waals surface area contributed by atoms with E-state index in [1.807, 2.05) is 36.4 Å². The standard InChI is InChI=1S/C29H26N4O4/c34-26(22-9-11-25(12-10-22)33-13-15-37-16-14-33)17-20-1-5-23(6-2-20)28(36)24-7-3-21(4-8-24)18-27(35)29-30-19-31-32-29/h1-12,19H,13-18H2,(H,30,31,32). The van der Waals surface area contributed by atoms with E-state index in [-0.39, 0.29) is 36.0 Å². The van der Waals surface area contributed by atoms with Gasteiger partial charge >= 0.3 is 0 Å². The number of nitrogens with zero attached hydrogens (tertiary/aromatic N) is 3. The quantitative estimate of drug-likeness (QED) is 0.354. The predicted octanol–water partition coefficient (Wildman–Crippen LogP) is 3.72. The number of rotatable bonds is 9. The van der Waals surface area contributed by atoms with Gasteiger partial charge in [-0.25, -0.2) is 4.98 Å². The second-order valence-corrected chi connectivity index (χ2v) is 8.90. The normalized spacial score (nSPS) is 13.4. The number of hydrogen-bond acceptors (Lipinski definition) is 7. The highest BCUT2D eigenvalue weighted by molar-refractivity contribution is 6.09. The molecule has 3 aromatic carbocycles. The molecule has 5 rings (SSSR count). The van der Waals surface area contributed by atoms with Gasteiger partial charge in [-0.2, -0.15) is 5.10 Å². The van der Waals surface area contributed by atoms with Crippen molar-refractivity contribution in [2.45, 2.75) is 12.8 Å². The highest BCUT2D eigenvalue weighted by Crippen LogP contribution is 2.19. The Balaban J connectivity index is 1.18. The summed E-state index contributed by atoms with van der Waals surface area (Å²) in [5, 5.41) is 6.24. The van der Waals surface area contributed by atoms with E-state index in [2.05, 4.69) is 20.1 Å². The van der Waals surface area contributed by atoms with Gasteiger partial charge in [-0.15, -0.1) is 0 Å². The second-order valence-electron chi connectivity index (χ2n) is 8.90. The lowest BCUT2D eigenvalue weighted by atomic mass is 9.97. The van der Waals surface area contributed by atoms with Gasteiger partial charge in [0.05, 0.1) is 13.2 Å². The highest BCUT2D eigenvalue weighted by atomic mass is 16.5. The van der Waals surface area contributed by atoms with Gasteiger partial charge in [0.25, 0.3) is 0 Å². The van der Waals surface area contributed by atoms with E-state index in [0.717, 1.165) is 43.1 Å². The summed E-state index contributed by atoms with van der Waals surface area (Å²) in [7, 11) is 0. The average Bonchev–Trinajstić information content (AvgIpc) is 3.50. The second kappa shape index (κ2) is 11.1. The number of hydrogen-bond donors (Lipinski definition) is 1. The lowest BCUT2D eigenvalue weighted by Crippen LogP contribution is -2.36. The molecule has 0 saturated carbocycles. The molecule has 1 aliphatic rings. The minimum Gasteiger partial charge on any atom is -0.378 e. The molecule has 37 heavy (non-hydrogen) atoms. The number of carbonyl (C=O) groups excluding carboxylic acids is 3. The average molecular weight is 495 g/mol. The van der Waals surface area contributed by atoms with Crippen molar-refractivity contribution in [3.63, 3.8) is 0 Å². The zero-order valence-corrected chi connectivity index (χ0v) is 20.2. The van der Waals surface area contributed by atoms with E-state index in [1.54, 1.807) is 36.4 Å². The molecule has 1 aliphatic heterocycles. The fourth-order valence-corrected chi connectivity index (χ4v) is 4.29. The van der Waals surface area contributed by atoms with Crippen molar-refractivity contribution in [2.75, 3.05) is 31.2 Å². The first-order valence-corrected chi connectivity index (χ1v) is 12.1. The number of ether oxygens (including phenoxy) is 1. The van der Waals surface area contributed by atoms with Crippen LogP contribution in [-0.2, 0) is 17.6 Å². The van der Waals surface area contributed by atoms with Crippen LogP contribution in [0.3, 0.4) is 0 Å². The molecule has 2 heterocycles. The molecular weight excluding hydrogens is 468 g/mol. The van der Waals surface area contributed by atoms with Crippen LogP contribution >= 0.6 is 0 Å². The molecule has 1 aromatic heterocycles. The van der Waals surface area contributed by atoms with Crippen molar-refractivity contribution in [3.8, 4) is 0 Å². The van der Waals surface area contributed by atoms with Crippen LogP contribution in [0.2, 0.25) is 0 Å². The molecule has 186 valence electrons. The number of carbonyl (C=O) groups is 3. The van der Waals surface area contributed by atoms with Crippen molar-refractivity contribution in [3.05, 3.63) is 113 Å². The summed E-state index contributed by atoms with van der Waals surface area (Å²) in [6.45, 7) is 3.14. The van der Waals surface area contributed by atoms with Crippen molar-refractivity contribution in [2.24, 2.45) is 0 Å². The van der Waals surface area contributed by atoms with Crippen molar-refractivity contribution >= 4 is 23.0 Å². The molecule has 4 aromatic rings. The first kappa shape index (κ1) is 24.3. The van der Waals surface area contributed by atoms with Gasteiger partial charge < -0.3 is 9.64 Å². The molecule has 0 spiro atoms. The van der Waals surface area contributed by atoms with E-state index >= 15 is 0 Å². The van der Waals surface area contributed by atoms with Crippen LogP contribution in [0.1, 0.15) is 48.0 Å². The predicted molar refractivity (Wildman–Crippen MR) is 138 cm³/mol. The number of morpholine rings is 1. The fraction of sp³-hybridized carbons (Fsp3) is 0.207. The van der Waals surface area contributed by atoms with Crippen LogP contribution in [0.5, 0.6) is 0 Å². The van der Waals surface area contributed by atoms with Gasteiger partial charge in [0.2, 0.25) is 5.78 Å². The molecule has 0 unspecified atom stereocenters. The lowest BCUT2D eigenvalue weighted by molar-refractivity contribution is 0.0978. The molecular formula is C29H26N4O4. The monoisotopic (exact) mass is 494 g/mol. The van der Waals surface area contributed by atoms with Gasteiger partial charge in [-0.1, -0.05) is 48.5 Å². The Morgan fingerprint density at radius 3 is 1.81 bits per heavy atom. The lowest BCUT2D eigenvalue weighted by Gasteiger charge is -2.28. The van der Waals surface area contributed by atoms with Crippen LogP contribution in [0.4, 0.5) is 5.69 Å². The van der Waals surface area contributed by atoms with Crippen molar-refractivity contribution in [1.29, 1.82) is 0 Å². The van der Waals surface area contributed by atoms with Gasteiger partial charge in [0.1, 0.15) is 6.33 Å². The molecule has 1 saturated heterocycles. The third-order valence-electron chi connectivity index (χ3n) is 6.41. The van der Waals surface area contributed by atoms with Crippen LogP contribution < -0.4 is 4.90 Å².